The lowest BCUT2D eigenvalue weighted by Gasteiger charge is -2.24. The van der Waals surface area contributed by atoms with E-state index in [1.165, 1.54) is 49.9 Å². The summed E-state index contributed by atoms with van der Waals surface area (Å²) in [6.45, 7) is 3.24. The third-order valence-corrected chi connectivity index (χ3v) is 4.05. The number of piperidine rings is 1. The minimum atomic E-state index is 0.313. The van der Waals surface area contributed by atoms with Crippen molar-refractivity contribution >= 4 is 11.6 Å². The standard InChI is InChI=1S/C15H25ClN2.CH4O/c1-12(16)6-2-3-7-15-13(9-11-18-15)14-8-4-5-10-17-14;1-2/h9,11-12,14,17-18H,2-8,10H2,1H3;2H,1H3. The summed E-state index contributed by atoms with van der Waals surface area (Å²) in [5.74, 6) is 0. The summed E-state index contributed by atoms with van der Waals surface area (Å²) in [5.41, 5.74) is 2.92. The molecule has 1 fully saturated rings. The molecule has 1 aliphatic rings. The Hall–Kier alpha value is -0.510. The van der Waals surface area contributed by atoms with E-state index in [1.54, 1.807) is 0 Å². The van der Waals surface area contributed by atoms with Crippen molar-refractivity contribution in [1.82, 2.24) is 10.3 Å². The topological polar surface area (TPSA) is 48.0 Å². The highest BCUT2D eigenvalue weighted by Gasteiger charge is 2.18. The van der Waals surface area contributed by atoms with Crippen molar-refractivity contribution in [2.45, 2.75) is 63.3 Å². The van der Waals surface area contributed by atoms with Gasteiger partial charge in [0.2, 0.25) is 0 Å². The molecule has 0 aromatic carbocycles. The molecule has 4 heteroatoms. The highest BCUT2D eigenvalue weighted by molar-refractivity contribution is 6.20. The van der Waals surface area contributed by atoms with Crippen molar-refractivity contribution in [3.05, 3.63) is 23.5 Å². The van der Waals surface area contributed by atoms with Crippen molar-refractivity contribution < 1.29 is 5.11 Å². The largest absolute Gasteiger partial charge is 0.400 e. The Labute approximate surface area is 128 Å². The van der Waals surface area contributed by atoms with Gasteiger partial charge >= 0.3 is 0 Å². The zero-order valence-corrected chi connectivity index (χ0v) is 13.5. The molecule has 1 saturated heterocycles. The first kappa shape index (κ1) is 17.5. The second-order valence-electron chi connectivity index (χ2n) is 5.44. The molecule has 1 aromatic rings. The van der Waals surface area contributed by atoms with E-state index in [4.69, 9.17) is 16.7 Å². The van der Waals surface area contributed by atoms with Gasteiger partial charge in [-0.25, -0.2) is 0 Å². The van der Waals surface area contributed by atoms with Gasteiger partial charge in [-0.05, 0) is 57.2 Å². The number of alkyl halides is 1. The summed E-state index contributed by atoms with van der Waals surface area (Å²) in [5, 5.41) is 10.9. The number of rotatable bonds is 6. The summed E-state index contributed by atoms with van der Waals surface area (Å²) in [6, 6.07) is 2.83. The monoisotopic (exact) mass is 300 g/mol. The number of halogens is 1. The number of hydrogen-bond donors (Lipinski definition) is 3. The van der Waals surface area contributed by atoms with E-state index >= 15 is 0 Å². The average Bonchev–Trinajstić information content (AvgIpc) is 2.95. The SMILES string of the molecule is CC(Cl)CCCCc1[nH]ccc1C1CCCCN1.CO. The van der Waals surface area contributed by atoms with Crippen LogP contribution in [0, 0.1) is 0 Å². The molecule has 3 N–H and O–H groups in total. The Balaban J connectivity index is 0.000000956. The number of aromatic nitrogens is 1. The zero-order chi connectivity index (χ0) is 14.8. The summed E-state index contributed by atoms with van der Waals surface area (Å²) in [6.07, 6.45) is 10.8. The molecule has 1 aromatic heterocycles. The molecule has 20 heavy (non-hydrogen) atoms. The van der Waals surface area contributed by atoms with Crippen LogP contribution in [0.2, 0.25) is 0 Å². The number of aryl methyl sites for hydroxylation is 1. The Bertz CT molecular complexity index is 346. The molecule has 0 radical (unpaired) electrons. The van der Waals surface area contributed by atoms with E-state index in [1.807, 2.05) is 0 Å². The van der Waals surface area contributed by atoms with Crippen LogP contribution in [-0.2, 0) is 6.42 Å². The lowest BCUT2D eigenvalue weighted by molar-refractivity contribution is 0.399. The normalized spacial score (nSPS) is 20.1. The Morgan fingerprint density at radius 2 is 2.15 bits per heavy atom. The first-order valence-corrected chi connectivity index (χ1v) is 8.19. The van der Waals surface area contributed by atoms with Crippen LogP contribution in [0.1, 0.15) is 62.7 Å². The molecule has 116 valence electrons. The van der Waals surface area contributed by atoms with Crippen LogP contribution >= 0.6 is 11.6 Å². The minimum Gasteiger partial charge on any atom is -0.400 e. The molecular weight excluding hydrogens is 272 g/mol. The lowest BCUT2D eigenvalue weighted by Crippen LogP contribution is -2.27. The maximum absolute atomic E-state index is 7.00. The molecule has 2 atom stereocenters. The molecule has 0 aliphatic carbocycles. The number of H-pyrrole nitrogens is 1. The van der Waals surface area contributed by atoms with Crippen molar-refractivity contribution in [3.63, 3.8) is 0 Å². The number of aliphatic hydroxyl groups excluding tert-OH is 1. The van der Waals surface area contributed by atoms with E-state index in [0.717, 1.165) is 20.0 Å². The summed E-state index contributed by atoms with van der Waals surface area (Å²) < 4.78 is 0. The summed E-state index contributed by atoms with van der Waals surface area (Å²) in [7, 11) is 1.00. The van der Waals surface area contributed by atoms with Crippen LogP contribution in [0.3, 0.4) is 0 Å². The van der Waals surface area contributed by atoms with Gasteiger partial charge in [-0.3, -0.25) is 0 Å². The van der Waals surface area contributed by atoms with E-state index in [9.17, 15) is 0 Å². The fraction of sp³-hybridized carbons (Fsp3) is 0.750. The fourth-order valence-corrected chi connectivity index (χ4v) is 2.96. The van der Waals surface area contributed by atoms with E-state index < -0.39 is 0 Å². The van der Waals surface area contributed by atoms with E-state index in [0.29, 0.717) is 11.4 Å². The van der Waals surface area contributed by atoms with Crippen molar-refractivity contribution in [2.24, 2.45) is 0 Å². The van der Waals surface area contributed by atoms with Gasteiger partial charge in [0.15, 0.2) is 0 Å². The second kappa shape index (κ2) is 10.3. The molecule has 0 amide bonds. The smallest absolute Gasteiger partial charge is 0.0338 e. The molecular formula is C16H29ClN2O. The Morgan fingerprint density at radius 3 is 2.80 bits per heavy atom. The quantitative estimate of drug-likeness (QED) is 0.553. The molecule has 0 bridgehead atoms. The summed E-state index contributed by atoms with van der Waals surface area (Å²) in [4.78, 5) is 3.42. The number of nitrogens with one attached hydrogen (secondary N) is 2. The van der Waals surface area contributed by atoms with Crippen molar-refractivity contribution in [2.75, 3.05) is 13.7 Å². The predicted octanol–water partition coefficient (Wildman–Crippen LogP) is 3.78. The minimum absolute atomic E-state index is 0.313. The molecule has 2 heterocycles. The highest BCUT2D eigenvalue weighted by Crippen LogP contribution is 2.26. The third-order valence-electron chi connectivity index (χ3n) is 3.83. The zero-order valence-electron chi connectivity index (χ0n) is 12.8. The maximum Gasteiger partial charge on any atom is 0.0338 e. The molecule has 0 spiro atoms. The Morgan fingerprint density at radius 1 is 1.35 bits per heavy atom. The number of unbranched alkanes of at least 4 members (excludes halogenated alkanes) is 1. The van der Waals surface area contributed by atoms with Gasteiger partial charge in [-0.1, -0.05) is 12.8 Å². The fourth-order valence-electron chi connectivity index (χ4n) is 2.80. The van der Waals surface area contributed by atoms with Crippen LogP contribution in [0.25, 0.3) is 0 Å². The van der Waals surface area contributed by atoms with Gasteiger partial charge in [-0.2, -0.15) is 0 Å². The molecule has 0 saturated carbocycles. The van der Waals surface area contributed by atoms with E-state index in [2.05, 4.69) is 29.5 Å². The van der Waals surface area contributed by atoms with Gasteiger partial charge in [0.05, 0.1) is 0 Å². The van der Waals surface area contributed by atoms with Crippen LogP contribution in [0.5, 0.6) is 0 Å². The highest BCUT2D eigenvalue weighted by atomic mass is 35.5. The lowest BCUT2D eigenvalue weighted by atomic mass is 9.96. The average molecular weight is 301 g/mol. The molecule has 1 aliphatic heterocycles. The number of aromatic amines is 1. The van der Waals surface area contributed by atoms with Crippen LogP contribution in [0.15, 0.2) is 12.3 Å². The molecule has 2 rings (SSSR count). The first-order valence-electron chi connectivity index (χ1n) is 7.75. The van der Waals surface area contributed by atoms with Gasteiger partial charge in [0.1, 0.15) is 0 Å². The molecule has 2 unspecified atom stereocenters. The van der Waals surface area contributed by atoms with Crippen molar-refractivity contribution in [3.8, 4) is 0 Å². The van der Waals surface area contributed by atoms with Crippen molar-refractivity contribution in [1.29, 1.82) is 0 Å². The Kier molecular flexibility index (Phi) is 8.99. The first-order chi connectivity index (χ1) is 9.77. The van der Waals surface area contributed by atoms with Crippen LogP contribution in [-0.4, -0.2) is 29.1 Å². The summed E-state index contributed by atoms with van der Waals surface area (Å²) >= 11 is 5.97. The maximum atomic E-state index is 7.00. The van der Waals surface area contributed by atoms with Crippen LogP contribution < -0.4 is 5.32 Å². The third kappa shape index (κ3) is 5.86. The van der Waals surface area contributed by atoms with Gasteiger partial charge in [-0.15, -0.1) is 11.6 Å². The second-order valence-corrected chi connectivity index (χ2v) is 6.19. The van der Waals surface area contributed by atoms with E-state index in [-0.39, 0.29) is 0 Å². The number of hydrogen-bond acceptors (Lipinski definition) is 2. The number of aliphatic hydroxyl groups is 1. The van der Waals surface area contributed by atoms with Crippen LogP contribution in [0.4, 0.5) is 0 Å². The predicted molar refractivity (Wildman–Crippen MR) is 86.4 cm³/mol. The van der Waals surface area contributed by atoms with Gasteiger partial charge in [0.25, 0.3) is 0 Å². The van der Waals surface area contributed by atoms with Gasteiger partial charge in [0, 0.05) is 30.4 Å². The van der Waals surface area contributed by atoms with Gasteiger partial charge < -0.3 is 15.4 Å². The molecule has 3 nitrogen and oxygen atoms in total.